The molecule has 1 aromatic heterocycles. The van der Waals surface area contributed by atoms with Gasteiger partial charge in [-0.3, -0.25) is 4.57 Å². The Labute approximate surface area is 115 Å². The Bertz CT molecular complexity index is 481. The van der Waals surface area contributed by atoms with Crippen LogP contribution in [0.4, 0.5) is 0 Å². The third-order valence-electron chi connectivity index (χ3n) is 3.50. The summed E-state index contributed by atoms with van der Waals surface area (Å²) < 4.78 is 3.49. The van der Waals surface area contributed by atoms with Crippen molar-refractivity contribution in [3.05, 3.63) is 16.3 Å². The molecule has 0 saturated heterocycles. The number of aryl methyl sites for hydroxylation is 1. The van der Waals surface area contributed by atoms with Gasteiger partial charge in [0.15, 0.2) is 0 Å². The summed E-state index contributed by atoms with van der Waals surface area (Å²) in [5, 5.41) is 7.95. The Morgan fingerprint density at radius 1 is 1.37 bits per heavy atom. The van der Waals surface area contributed by atoms with Crippen LogP contribution in [-0.4, -0.2) is 26.4 Å². The van der Waals surface area contributed by atoms with Crippen molar-refractivity contribution >= 4 is 0 Å². The quantitative estimate of drug-likeness (QED) is 0.896. The Hall–Kier alpha value is -1.10. The van der Waals surface area contributed by atoms with Gasteiger partial charge < -0.3 is 5.32 Å². The second-order valence-corrected chi connectivity index (χ2v) is 6.73. The lowest BCUT2D eigenvalue weighted by Gasteiger charge is -2.23. The predicted molar refractivity (Wildman–Crippen MR) is 76.3 cm³/mol. The van der Waals surface area contributed by atoms with Crippen LogP contribution in [0.15, 0.2) is 4.79 Å². The first kappa shape index (κ1) is 14.3. The van der Waals surface area contributed by atoms with Crippen LogP contribution in [0.5, 0.6) is 0 Å². The zero-order chi connectivity index (χ0) is 14.0. The average molecular weight is 266 g/mol. The fourth-order valence-corrected chi connectivity index (χ4v) is 2.41. The summed E-state index contributed by atoms with van der Waals surface area (Å²) >= 11 is 0. The highest BCUT2D eigenvalue weighted by Crippen LogP contribution is 2.10. The summed E-state index contributed by atoms with van der Waals surface area (Å²) in [5.41, 5.74) is 0.185. The molecule has 5 heteroatoms. The molecule has 5 nitrogen and oxygen atoms in total. The molecule has 1 aliphatic rings. The van der Waals surface area contributed by atoms with Crippen LogP contribution < -0.4 is 11.0 Å². The number of hydrogen-bond acceptors (Lipinski definition) is 3. The molecule has 0 aliphatic carbocycles. The molecule has 1 N–H and O–H groups in total. The smallest absolute Gasteiger partial charge is 0.312 e. The Morgan fingerprint density at radius 3 is 2.74 bits per heavy atom. The van der Waals surface area contributed by atoms with E-state index in [-0.39, 0.29) is 11.2 Å². The number of nitrogens with one attached hydrogen (secondary N) is 1. The molecule has 0 saturated carbocycles. The normalized spacial score (nSPS) is 17.3. The van der Waals surface area contributed by atoms with Crippen LogP contribution in [0.3, 0.4) is 0 Å². The topological polar surface area (TPSA) is 51.9 Å². The van der Waals surface area contributed by atoms with E-state index < -0.39 is 0 Å². The van der Waals surface area contributed by atoms with Crippen molar-refractivity contribution in [2.24, 2.45) is 5.92 Å². The molecule has 0 spiro atoms. The average Bonchev–Trinajstić information content (AvgIpc) is 2.64. The predicted octanol–water partition coefficient (Wildman–Crippen LogP) is 1.41. The summed E-state index contributed by atoms with van der Waals surface area (Å²) in [5.74, 6) is 1.36. The van der Waals surface area contributed by atoms with E-state index in [0.29, 0.717) is 12.5 Å². The molecule has 19 heavy (non-hydrogen) atoms. The minimum Gasteiger partial charge on any atom is -0.312 e. The molecule has 0 bridgehead atoms. The zero-order valence-electron chi connectivity index (χ0n) is 12.6. The van der Waals surface area contributed by atoms with Crippen LogP contribution in [-0.2, 0) is 19.5 Å². The van der Waals surface area contributed by atoms with E-state index in [1.165, 1.54) is 0 Å². The van der Waals surface area contributed by atoms with Gasteiger partial charge in [-0.25, -0.2) is 9.48 Å². The minimum absolute atomic E-state index is 0.0670. The third kappa shape index (κ3) is 3.69. The van der Waals surface area contributed by atoms with Gasteiger partial charge in [0.1, 0.15) is 5.82 Å². The summed E-state index contributed by atoms with van der Waals surface area (Å²) in [6.45, 7) is 11.1. The summed E-state index contributed by atoms with van der Waals surface area (Å²) in [6, 6.07) is 0. The highest BCUT2D eigenvalue weighted by molar-refractivity contribution is 4.91. The first-order valence-electron chi connectivity index (χ1n) is 7.28. The SMILES string of the molecule is CC(CNC(C)(C)C)Cn1nc2n(c1=O)CCCC2. The Balaban J connectivity index is 1.99. The molecule has 0 aromatic carbocycles. The van der Waals surface area contributed by atoms with Crippen molar-refractivity contribution in [2.75, 3.05) is 6.54 Å². The van der Waals surface area contributed by atoms with Gasteiger partial charge in [-0.15, -0.1) is 0 Å². The molecule has 2 heterocycles. The standard InChI is InChI=1S/C14H26N4O/c1-11(9-15-14(2,3)4)10-18-13(19)17-8-6-5-7-12(17)16-18/h11,15H,5-10H2,1-4H3. The number of hydrogen-bond donors (Lipinski definition) is 1. The first-order valence-corrected chi connectivity index (χ1v) is 7.28. The van der Waals surface area contributed by atoms with Crippen molar-refractivity contribution in [3.8, 4) is 0 Å². The number of rotatable bonds is 4. The maximum atomic E-state index is 12.2. The largest absolute Gasteiger partial charge is 0.345 e. The molecule has 108 valence electrons. The van der Waals surface area contributed by atoms with Crippen LogP contribution in [0.25, 0.3) is 0 Å². The van der Waals surface area contributed by atoms with Crippen molar-refractivity contribution < 1.29 is 0 Å². The fourth-order valence-electron chi connectivity index (χ4n) is 2.41. The van der Waals surface area contributed by atoms with Crippen molar-refractivity contribution in [1.29, 1.82) is 0 Å². The van der Waals surface area contributed by atoms with Gasteiger partial charge in [0, 0.05) is 18.5 Å². The number of aromatic nitrogens is 3. The molecule has 2 rings (SSSR count). The molecule has 0 radical (unpaired) electrons. The van der Waals surface area contributed by atoms with E-state index in [1.54, 1.807) is 4.68 Å². The van der Waals surface area contributed by atoms with E-state index in [9.17, 15) is 4.79 Å². The maximum Gasteiger partial charge on any atom is 0.345 e. The van der Waals surface area contributed by atoms with Gasteiger partial charge in [-0.05, 0) is 46.1 Å². The van der Waals surface area contributed by atoms with Crippen molar-refractivity contribution in [3.63, 3.8) is 0 Å². The molecular weight excluding hydrogens is 240 g/mol. The Morgan fingerprint density at radius 2 is 2.11 bits per heavy atom. The van der Waals surface area contributed by atoms with Crippen molar-refractivity contribution in [2.45, 2.75) is 65.6 Å². The molecule has 1 atom stereocenters. The second-order valence-electron chi connectivity index (χ2n) is 6.73. The zero-order valence-corrected chi connectivity index (χ0v) is 12.6. The number of fused-ring (bicyclic) bond motifs is 1. The van der Waals surface area contributed by atoms with E-state index >= 15 is 0 Å². The third-order valence-corrected chi connectivity index (χ3v) is 3.50. The molecular formula is C14H26N4O. The fraction of sp³-hybridized carbons (Fsp3) is 0.857. The summed E-state index contributed by atoms with van der Waals surface area (Å²) in [6.07, 6.45) is 3.19. The van der Waals surface area contributed by atoms with Gasteiger partial charge in [-0.1, -0.05) is 6.92 Å². The lowest BCUT2D eigenvalue weighted by atomic mass is 10.1. The van der Waals surface area contributed by atoms with E-state index in [4.69, 9.17) is 0 Å². The summed E-state index contributed by atoms with van der Waals surface area (Å²) in [4.78, 5) is 12.2. The van der Waals surface area contributed by atoms with Crippen LogP contribution in [0, 0.1) is 5.92 Å². The maximum absolute atomic E-state index is 12.2. The van der Waals surface area contributed by atoms with Crippen LogP contribution in [0.1, 0.15) is 46.4 Å². The summed E-state index contributed by atoms with van der Waals surface area (Å²) in [7, 11) is 0. The molecule has 1 unspecified atom stereocenters. The highest BCUT2D eigenvalue weighted by atomic mass is 16.2. The van der Waals surface area contributed by atoms with Crippen LogP contribution >= 0.6 is 0 Å². The Kier molecular flexibility index (Phi) is 4.13. The van der Waals surface area contributed by atoms with Gasteiger partial charge in [0.2, 0.25) is 0 Å². The lowest BCUT2D eigenvalue weighted by molar-refractivity contribution is 0.348. The molecule has 0 fully saturated rings. The molecule has 1 aromatic rings. The second kappa shape index (κ2) is 5.49. The monoisotopic (exact) mass is 266 g/mol. The van der Waals surface area contributed by atoms with E-state index in [2.05, 4.69) is 38.1 Å². The van der Waals surface area contributed by atoms with Gasteiger partial charge in [0.25, 0.3) is 0 Å². The highest BCUT2D eigenvalue weighted by Gasteiger charge is 2.18. The van der Waals surface area contributed by atoms with Gasteiger partial charge >= 0.3 is 5.69 Å². The van der Waals surface area contributed by atoms with E-state index in [0.717, 1.165) is 38.2 Å². The number of nitrogens with zero attached hydrogens (tertiary/aromatic N) is 3. The molecule has 1 aliphatic heterocycles. The van der Waals surface area contributed by atoms with Gasteiger partial charge in [0.05, 0.1) is 6.54 Å². The van der Waals surface area contributed by atoms with Crippen LogP contribution in [0.2, 0.25) is 0 Å². The van der Waals surface area contributed by atoms with Crippen molar-refractivity contribution in [1.82, 2.24) is 19.7 Å². The molecule has 0 amide bonds. The van der Waals surface area contributed by atoms with E-state index in [1.807, 2.05) is 4.57 Å². The van der Waals surface area contributed by atoms with Gasteiger partial charge in [-0.2, -0.15) is 5.10 Å². The minimum atomic E-state index is 0.0670. The lowest BCUT2D eigenvalue weighted by Crippen LogP contribution is -2.40. The first-order chi connectivity index (χ1) is 8.87.